The molecule has 0 aromatic carbocycles. The van der Waals surface area contributed by atoms with Crippen molar-refractivity contribution < 1.29 is 4.79 Å². The molecule has 0 unspecified atom stereocenters. The first kappa shape index (κ1) is 7.34. The molecule has 2 heterocycles. The molecule has 12 heavy (non-hydrogen) atoms. The summed E-state index contributed by atoms with van der Waals surface area (Å²) in [6.45, 7) is 2.47. The Labute approximate surface area is 70.4 Å². The molecule has 64 valence electrons. The van der Waals surface area contributed by atoms with Gasteiger partial charge in [-0.2, -0.15) is 5.10 Å². The van der Waals surface area contributed by atoms with E-state index in [0.29, 0.717) is 5.69 Å². The Hall–Kier alpha value is -1.32. The molecule has 2 rings (SSSR count). The van der Waals surface area contributed by atoms with E-state index >= 15 is 0 Å². The number of aromatic nitrogens is 2. The minimum atomic E-state index is 0.0156. The number of H-pyrrole nitrogens is 1. The minimum absolute atomic E-state index is 0.0156. The Morgan fingerprint density at radius 1 is 1.58 bits per heavy atom. The molecule has 1 aliphatic rings. The van der Waals surface area contributed by atoms with Crippen LogP contribution in [0, 0.1) is 0 Å². The van der Waals surface area contributed by atoms with Crippen molar-refractivity contribution in [3.8, 4) is 0 Å². The van der Waals surface area contributed by atoms with Gasteiger partial charge in [0, 0.05) is 13.5 Å². The van der Waals surface area contributed by atoms with Gasteiger partial charge in [0.15, 0.2) is 11.5 Å². The van der Waals surface area contributed by atoms with Crippen molar-refractivity contribution in [3.05, 3.63) is 11.4 Å². The molecule has 0 aliphatic carbocycles. The summed E-state index contributed by atoms with van der Waals surface area (Å²) in [5, 5.41) is 10.0. The van der Waals surface area contributed by atoms with Gasteiger partial charge in [0.1, 0.15) is 0 Å². The van der Waals surface area contributed by atoms with Gasteiger partial charge in [-0.15, -0.1) is 0 Å². The first-order chi connectivity index (χ1) is 5.79. The third kappa shape index (κ3) is 0.995. The zero-order valence-corrected chi connectivity index (χ0v) is 6.98. The fraction of sp³-hybridized carbons (Fsp3) is 0.500. The maximum Gasteiger partial charge on any atom is 0.182 e. The van der Waals surface area contributed by atoms with Crippen LogP contribution in [0.1, 0.15) is 29.5 Å². The molecule has 0 radical (unpaired) electrons. The van der Waals surface area contributed by atoms with Gasteiger partial charge < -0.3 is 5.32 Å². The van der Waals surface area contributed by atoms with Crippen LogP contribution in [-0.4, -0.2) is 22.5 Å². The highest BCUT2D eigenvalue weighted by molar-refractivity contribution is 5.98. The molecule has 0 saturated heterocycles. The van der Waals surface area contributed by atoms with E-state index in [9.17, 15) is 4.79 Å². The van der Waals surface area contributed by atoms with Crippen molar-refractivity contribution in [2.24, 2.45) is 0 Å². The molecule has 0 amide bonds. The van der Waals surface area contributed by atoms with Gasteiger partial charge in [0.2, 0.25) is 0 Å². The fourth-order valence-electron chi connectivity index (χ4n) is 1.48. The highest BCUT2D eigenvalue weighted by Crippen LogP contribution is 2.23. The molecule has 0 bridgehead atoms. The Morgan fingerprint density at radius 3 is 3.17 bits per heavy atom. The zero-order chi connectivity index (χ0) is 8.55. The van der Waals surface area contributed by atoms with Gasteiger partial charge in [0.25, 0.3) is 0 Å². The second kappa shape index (κ2) is 2.62. The lowest BCUT2D eigenvalue weighted by molar-refractivity contribution is 0.101. The molecular formula is C8H11N3O. The molecule has 0 saturated carbocycles. The lowest BCUT2D eigenvalue weighted by atomic mass is 10.1. The lowest BCUT2D eigenvalue weighted by Gasteiger charge is -2.12. The molecule has 1 aliphatic heterocycles. The van der Waals surface area contributed by atoms with Crippen molar-refractivity contribution in [1.82, 2.24) is 10.2 Å². The van der Waals surface area contributed by atoms with E-state index in [-0.39, 0.29) is 5.78 Å². The van der Waals surface area contributed by atoms with Gasteiger partial charge in [0.05, 0.1) is 11.4 Å². The summed E-state index contributed by atoms with van der Waals surface area (Å²) in [7, 11) is 0. The molecule has 0 fully saturated rings. The Kier molecular flexibility index (Phi) is 1.60. The maximum absolute atomic E-state index is 11.1. The summed E-state index contributed by atoms with van der Waals surface area (Å²) in [6, 6.07) is 0. The summed E-state index contributed by atoms with van der Waals surface area (Å²) in [4.78, 5) is 11.1. The Balaban J connectivity index is 2.44. The Morgan fingerprint density at radius 2 is 2.42 bits per heavy atom. The van der Waals surface area contributed by atoms with E-state index in [0.717, 1.165) is 30.8 Å². The van der Waals surface area contributed by atoms with Crippen LogP contribution in [-0.2, 0) is 6.42 Å². The average molecular weight is 165 g/mol. The van der Waals surface area contributed by atoms with E-state index in [1.165, 1.54) is 6.92 Å². The third-order valence-electron chi connectivity index (χ3n) is 2.08. The van der Waals surface area contributed by atoms with Crippen molar-refractivity contribution in [2.75, 3.05) is 11.9 Å². The summed E-state index contributed by atoms with van der Waals surface area (Å²) >= 11 is 0. The molecule has 4 nitrogen and oxygen atoms in total. The van der Waals surface area contributed by atoms with E-state index in [2.05, 4.69) is 15.5 Å². The van der Waals surface area contributed by atoms with Crippen LogP contribution in [0.3, 0.4) is 0 Å². The number of ketones is 1. The quantitative estimate of drug-likeness (QED) is 0.609. The van der Waals surface area contributed by atoms with Gasteiger partial charge >= 0.3 is 0 Å². The predicted molar refractivity (Wildman–Crippen MR) is 45.4 cm³/mol. The molecule has 2 N–H and O–H groups in total. The number of nitrogens with one attached hydrogen (secondary N) is 2. The van der Waals surface area contributed by atoms with E-state index in [1.807, 2.05) is 0 Å². The summed E-state index contributed by atoms with van der Waals surface area (Å²) in [5.74, 6) is 0.0156. The van der Waals surface area contributed by atoms with Crippen molar-refractivity contribution in [3.63, 3.8) is 0 Å². The largest absolute Gasteiger partial charge is 0.382 e. The second-order valence-electron chi connectivity index (χ2n) is 3.01. The van der Waals surface area contributed by atoms with Gasteiger partial charge in [-0.05, 0) is 12.8 Å². The van der Waals surface area contributed by atoms with Crippen LogP contribution < -0.4 is 5.32 Å². The van der Waals surface area contributed by atoms with Gasteiger partial charge in [-0.1, -0.05) is 0 Å². The molecule has 0 spiro atoms. The van der Waals surface area contributed by atoms with Crippen molar-refractivity contribution in [1.29, 1.82) is 0 Å². The number of anilines is 1. The Bertz CT molecular complexity index is 316. The van der Waals surface area contributed by atoms with E-state index in [1.54, 1.807) is 0 Å². The number of hydrogen-bond donors (Lipinski definition) is 2. The average Bonchev–Trinajstić information content (AvgIpc) is 2.47. The van der Waals surface area contributed by atoms with Crippen LogP contribution in [0.2, 0.25) is 0 Å². The normalized spacial score (nSPS) is 15.1. The van der Waals surface area contributed by atoms with Crippen LogP contribution in [0.15, 0.2) is 0 Å². The summed E-state index contributed by atoms with van der Waals surface area (Å²) in [5.41, 5.74) is 2.52. The number of aryl methyl sites for hydroxylation is 1. The maximum atomic E-state index is 11.1. The highest BCUT2D eigenvalue weighted by Gasteiger charge is 2.18. The predicted octanol–water partition coefficient (Wildman–Crippen LogP) is 0.970. The van der Waals surface area contributed by atoms with Gasteiger partial charge in [-0.3, -0.25) is 9.89 Å². The second-order valence-corrected chi connectivity index (χ2v) is 3.01. The standard InChI is InChI=1S/C8H11N3O/c1-5(12)7-8-6(10-11-7)3-2-4-9-8/h9H,2-4H2,1H3,(H,10,11). The van der Waals surface area contributed by atoms with Crippen LogP contribution >= 0.6 is 0 Å². The minimum Gasteiger partial charge on any atom is -0.382 e. The van der Waals surface area contributed by atoms with E-state index < -0.39 is 0 Å². The monoisotopic (exact) mass is 165 g/mol. The zero-order valence-electron chi connectivity index (χ0n) is 6.98. The number of carbonyl (C=O) groups is 1. The molecule has 0 atom stereocenters. The number of nitrogens with zero attached hydrogens (tertiary/aromatic N) is 1. The highest BCUT2D eigenvalue weighted by atomic mass is 16.1. The summed E-state index contributed by atoms with van der Waals surface area (Å²) < 4.78 is 0. The number of carbonyl (C=O) groups excluding carboxylic acids is 1. The first-order valence-electron chi connectivity index (χ1n) is 4.11. The molecular weight excluding hydrogens is 154 g/mol. The van der Waals surface area contributed by atoms with Crippen molar-refractivity contribution >= 4 is 11.5 Å². The topological polar surface area (TPSA) is 57.8 Å². The fourth-order valence-corrected chi connectivity index (χ4v) is 1.48. The molecule has 1 aromatic heterocycles. The number of hydrogen-bond acceptors (Lipinski definition) is 3. The lowest BCUT2D eigenvalue weighted by Crippen LogP contribution is -2.12. The first-order valence-corrected chi connectivity index (χ1v) is 4.11. The number of fused-ring (bicyclic) bond motifs is 1. The molecule has 4 heteroatoms. The van der Waals surface area contributed by atoms with Gasteiger partial charge in [-0.25, -0.2) is 0 Å². The van der Waals surface area contributed by atoms with Crippen LogP contribution in [0.5, 0.6) is 0 Å². The smallest absolute Gasteiger partial charge is 0.182 e. The third-order valence-corrected chi connectivity index (χ3v) is 2.08. The number of rotatable bonds is 1. The molecule has 1 aromatic rings. The SMILES string of the molecule is CC(=O)c1n[nH]c2c1NCCC2. The van der Waals surface area contributed by atoms with Crippen LogP contribution in [0.4, 0.5) is 5.69 Å². The van der Waals surface area contributed by atoms with E-state index in [4.69, 9.17) is 0 Å². The number of aromatic amines is 1. The van der Waals surface area contributed by atoms with Crippen LogP contribution in [0.25, 0.3) is 0 Å². The van der Waals surface area contributed by atoms with Crippen molar-refractivity contribution in [2.45, 2.75) is 19.8 Å². The number of Topliss-reactive ketones (excluding diaryl/α,β-unsaturated/α-hetero) is 1. The summed E-state index contributed by atoms with van der Waals surface area (Å²) in [6.07, 6.45) is 2.09.